The molecule has 178 valence electrons. The number of aromatic amines is 1. The van der Waals surface area contributed by atoms with Gasteiger partial charge in [-0.15, -0.1) is 0 Å². The van der Waals surface area contributed by atoms with Crippen molar-refractivity contribution < 1.29 is 9.53 Å². The number of amides is 1. The third-order valence-corrected chi connectivity index (χ3v) is 7.87. The van der Waals surface area contributed by atoms with Crippen LogP contribution >= 0.6 is 0 Å². The first-order chi connectivity index (χ1) is 16.5. The number of nitrogens with one attached hydrogen (secondary N) is 2. The summed E-state index contributed by atoms with van der Waals surface area (Å²) in [6.45, 7) is 6.67. The van der Waals surface area contributed by atoms with Gasteiger partial charge in [-0.2, -0.15) is 10.2 Å². The normalized spacial score (nSPS) is 25.2. The van der Waals surface area contributed by atoms with Gasteiger partial charge in [-0.3, -0.25) is 14.6 Å². The molecule has 3 atom stereocenters. The molecule has 3 fully saturated rings. The molecule has 9 heteroatoms. The molecule has 3 aromatic rings. The highest BCUT2D eigenvalue weighted by Gasteiger charge is 2.47. The second-order valence-electron chi connectivity index (χ2n) is 9.98. The van der Waals surface area contributed by atoms with Gasteiger partial charge in [-0.25, -0.2) is 4.98 Å². The predicted molar refractivity (Wildman–Crippen MR) is 127 cm³/mol. The first-order valence-electron chi connectivity index (χ1n) is 12.1. The van der Waals surface area contributed by atoms with Crippen LogP contribution in [0.3, 0.4) is 0 Å². The average molecular weight is 462 g/mol. The number of hydrogen-bond donors (Lipinski definition) is 2. The van der Waals surface area contributed by atoms with Gasteiger partial charge in [0, 0.05) is 49.6 Å². The van der Waals surface area contributed by atoms with Gasteiger partial charge < -0.3 is 15.0 Å². The van der Waals surface area contributed by atoms with Gasteiger partial charge in [0.2, 0.25) is 0 Å². The number of rotatable bonds is 6. The summed E-state index contributed by atoms with van der Waals surface area (Å²) in [7, 11) is 1.82. The predicted octanol–water partition coefficient (Wildman–Crippen LogP) is 2.55. The minimum Gasteiger partial charge on any atom is -0.381 e. The Morgan fingerprint density at radius 1 is 1.26 bits per heavy atom. The second kappa shape index (κ2) is 8.23. The zero-order chi connectivity index (χ0) is 23.4. The van der Waals surface area contributed by atoms with Gasteiger partial charge in [0.1, 0.15) is 5.82 Å². The third-order valence-electron chi connectivity index (χ3n) is 7.87. The number of anilines is 1. The molecular weight excluding hydrogens is 430 g/mol. The molecule has 2 aliphatic carbocycles. The Morgan fingerprint density at radius 3 is 2.85 bits per heavy atom. The summed E-state index contributed by atoms with van der Waals surface area (Å²) in [4.78, 5) is 20.1. The first-order valence-corrected chi connectivity index (χ1v) is 12.1. The van der Waals surface area contributed by atoms with Crippen LogP contribution in [-0.4, -0.2) is 57.2 Å². The van der Waals surface area contributed by atoms with Crippen molar-refractivity contribution >= 4 is 11.7 Å². The molecule has 1 amide bonds. The fraction of sp³-hybridized carbons (Fsp3) is 0.520. The first kappa shape index (κ1) is 21.3. The monoisotopic (exact) mass is 461 g/mol. The lowest BCUT2D eigenvalue weighted by molar-refractivity contribution is -0.0816. The van der Waals surface area contributed by atoms with Gasteiger partial charge >= 0.3 is 0 Å². The molecule has 0 aromatic carbocycles. The highest BCUT2D eigenvalue weighted by molar-refractivity contribution is 5.94. The lowest BCUT2D eigenvalue weighted by Crippen LogP contribution is -2.59. The number of aryl methyl sites for hydroxylation is 2. The number of carbonyl (C=O) groups is 1. The van der Waals surface area contributed by atoms with E-state index in [2.05, 4.69) is 37.6 Å². The average Bonchev–Trinajstić information content (AvgIpc) is 3.55. The van der Waals surface area contributed by atoms with Crippen LogP contribution in [0.2, 0.25) is 0 Å². The SMILES string of the molecule is COC1C2CC1CN(c1ccc(Cn3cc(C(=O)NC4CCc5c4n[nH]c5C)cn3)c(C)n1)C2. The van der Waals surface area contributed by atoms with E-state index in [1.807, 2.05) is 21.0 Å². The maximum absolute atomic E-state index is 12.8. The molecule has 34 heavy (non-hydrogen) atoms. The maximum atomic E-state index is 12.8. The molecule has 2 aliphatic heterocycles. The summed E-state index contributed by atoms with van der Waals surface area (Å²) in [6, 6.07) is 4.19. The number of nitrogens with zero attached hydrogens (tertiary/aromatic N) is 5. The number of fused-ring (bicyclic) bond motifs is 3. The molecule has 2 saturated heterocycles. The van der Waals surface area contributed by atoms with Crippen molar-refractivity contribution in [1.29, 1.82) is 0 Å². The summed E-state index contributed by atoms with van der Waals surface area (Å²) < 4.78 is 7.43. The quantitative estimate of drug-likeness (QED) is 0.585. The van der Waals surface area contributed by atoms with Gasteiger partial charge in [0.05, 0.1) is 36.1 Å². The van der Waals surface area contributed by atoms with Gasteiger partial charge in [0.25, 0.3) is 5.91 Å². The molecule has 4 aliphatic rings. The fourth-order valence-corrected chi connectivity index (χ4v) is 5.96. The molecule has 0 spiro atoms. The summed E-state index contributed by atoms with van der Waals surface area (Å²) in [6.07, 6.45) is 6.94. The summed E-state index contributed by atoms with van der Waals surface area (Å²) in [5.41, 5.74) is 5.93. The topological polar surface area (TPSA) is 101 Å². The second-order valence-corrected chi connectivity index (χ2v) is 9.98. The van der Waals surface area contributed by atoms with Crippen LogP contribution in [0.15, 0.2) is 24.5 Å². The molecule has 7 rings (SSSR count). The van der Waals surface area contributed by atoms with E-state index in [-0.39, 0.29) is 11.9 Å². The van der Waals surface area contributed by atoms with E-state index in [9.17, 15) is 4.79 Å². The van der Waals surface area contributed by atoms with Crippen LogP contribution in [0.5, 0.6) is 0 Å². The van der Waals surface area contributed by atoms with Crippen molar-refractivity contribution in [3.8, 4) is 0 Å². The van der Waals surface area contributed by atoms with Crippen molar-refractivity contribution in [2.75, 3.05) is 25.1 Å². The molecule has 5 heterocycles. The minimum atomic E-state index is -0.118. The highest BCUT2D eigenvalue weighted by atomic mass is 16.5. The Hall–Kier alpha value is -3.20. The molecule has 0 radical (unpaired) electrons. The van der Waals surface area contributed by atoms with Gasteiger partial charge in [0.15, 0.2) is 0 Å². The van der Waals surface area contributed by atoms with E-state index in [1.54, 1.807) is 17.1 Å². The van der Waals surface area contributed by atoms with Crippen LogP contribution in [0.1, 0.15) is 57.5 Å². The Morgan fingerprint density at radius 2 is 2.09 bits per heavy atom. The van der Waals surface area contributed by atoms with Crippen molar-refractivity contribution in [3.63, 3.8) is 0 Å². The number of aromatic nitrogens is 5. The number of hydrogen-bond acceptors (Lipinski definition) is 6. The Labute approximate surface area is 198 Å². The molecule has 2 N–H and O–H groups in total. The summed E-state index contributed by atoms with van der Waals surface area (Å²) in [5.74, 6) is 2.16. The van der Waals surface area contributed by atoms with Crippen LogP contribution < -0.4 is 10.2 Å². The van der Waals surface area contributed by atoms with Crippen LogP contribution in [0, 0.1) is 25.7 Å². The molecule has 3 aromatic heterocycles. The van der Waals surface area contributed by atoms with Gasteiger partial charge in [-0.05, 0) is 50.3 Å². The largest absolute Gasteiger partial charge is 0.381 e. The molecular formula is C25H31N7O2. The van der Waals surface area contributed by atoms with E-state index < -0.39 is 0 Å². The highest BCUT2D eigenvalue weighted by Crippen LogP contribution is 2.42. The maximum Gasteiger partial charge on any atom is 0.255 e. The third kappa shape index (κ3) is 3.58. The zero-order valence-electron chi connectivity index (χ0n) is 19.9. The zero-order valence-corrected chi connectivity index (χ0v) is 19.9. The summed E-state index contributed by atoms with van der Waals surface area (Å²) >= 11 is 0. The summed E-state index contributed by atoms with van der Waals surface area (Å²) in [5, 5.41) is 14.9. The van der Waals surface area contributed by atoms with Crippen molar-refractivity contribution in [2.45, 2.75) is 51.8 Å². The minimum absolute atomic E-state index is 0.0465. The molecule has 2 bridgehead atoms. The fourth-order valence-electron chi connectivity index (χ4n) is 5.96. The van der Waals surface area contributed by atoms with E-state index in [0.717, 1.165) is 54.4 Å². The number of ether oxygens (including phenoxy) is 1. The molecule has 1 saturated carbocycles. The van der Waals surface area contributed by atoms with Crippen LogP contribution in [0.4, 0.5) is 5.82 Å². The number of piperidine rings is 2. The van der Waals surface area contributed by atoms with Crippen molar-refractivity contribution in [3.05, 3.63) is 58.3 Å². The van der Waals surface area contributed by atoms with Crippen molar-refractivity contribution in [2.24, 2.45) is 11.8 Å². The van der Waals surface area contributed by atoms with E-state index in [4.69, 9.17) is 9.72 Å². The smallest absolute Gasteiger partial charge is 0.255 e. The van der Waals surface area contributed by atoms with E-state index in [1.165, 1.54) is 12.0 Å². The van der Waals surface area contributed by atoms with Gasteiger partial charge in [-0.1, -0.05) is 6.07 Å². The Bertz CT molecular complexity index is 1220. The number of carbonyl (C=O) groups excluding carboxylic acids is 1. The number of H-pyrrole nitrogens is 1. The van der Waals surface area contributed by atoms with E-state index in [0.29, 0.717) is 30.0 Å². The number of methoxy groups -OCH3 is 1. The van der Waals surface area contributed by atoms with Crippen LogP contribution in [-0.2, 0) is 17.7 Å². The van der Waals surface area contributed by atoms with Crippen LogP contribution in [0.25, 0.3) is 0 Å². The van der Waals surface area contributed by atoms with E-state index >= 15 is 0 Å². The lowest BCUT2D eigenvalue weighted by Gasteiger charge is -2.53. The standard InChI is InChI=1S/C25H31N7O2/c1-14-16(4-7-22(27-14)31-10-17-8-18(11-31)24(17)34-3)12-32-13-19(9-26-32)25(33)28-21-6-5-20-15(2)29-30-23(20)21/h4,7,9,13,17-18,21,24H,5-6,8,10-12H2,1-3H3,(H,28,33)(H,29,30). The lowest BCUT2D eigenvalue weighted by atomic mass is 9.68. The van der Waals surface area contributed by atoms with Crippen molar-refractivity contribution in [1.82, 2.24) is 30.3 Å². The Kier molecular flexibility index (Phi) is 5.17. The Balaban J connectivity index is 1.09. The number of pyridine rings is 1. The molecule has 9 nitrogen and oxygen atoms in total. The molecule has 3 unspecified atom stereocenters.